The van der Waals surface area contributed by atoms with Crippen LogP contribution in [0.1, 0.15) is 22.5 Å². The van der Waals surface area contributed by atoms with Crippen molar-refractivity contribution >= 4 is 5.69 Å². The zero-order valence-electron chi connectivity index (χ0n) is 10.2. The van der Waals surface area contributed by atoms with E-state index in [4.69, 9.17) is 5.73 Å². The topological polar surface area (TPSA) is 43.8 Å². The van der Waals surface area contributed by atoms with Crippen LogP contribution in [-0.4, -0.2) is 9.78 Å². The minimum absolute atomic E-state index is 0.778. The van der Waals surface area contributed by atoms with Crippen molar-refractivity contribution in [3.63, 3.8) is 0 Å². The summed E-state index contributed by atoms with van der Waals surface area (Å²) in [4.78, 5) is 0. The zero-order chi connectivity index (χ0) is 11.9. The summed E-state index contributed by atoms with van der Waals surface area (Å²) in [6, 6.07) is 6.00. The molecule has 3 heteroatoms. The number of anilines is 1. The molecule has 0 aliphatic carbocycles. The zero-order valence-corrected chi connectivity index (χ0v) is 10.2. The molecule has 1 aromatic heterocycles. The first-order valence-electron chi connectivity index (χ1n) is 5.39. The Morgan fingerprint density at radius 1 is 1.06 bits per heavy atom. The van der Waals surface area contributed by atoms with Crippen molar-refractivity contribution in [2.24, 2.45) is 0 Å². The van der Waals surface area contributed by atoms with Gasteiger partial charge in [-0.15, -0.1) is 0 Å². The highest BCUT2D eigenvalue weighted by Gasteiger charge is 2.09. The van der Waals surface area contributed by atoms with Crippen LogP contribution >= 0.6 is 0 Å². The van der Waals surface area contributed by atoms with Crippen LogP contribution in [0.3, 0.4) is 0 Å². The number of benzene rings is 1. The molecule has 0 atom stereocenters. The van der Waals surface area contributed by atoms with Gasteiger partial charge < -0.3 is 5.73 Å². The molecule has 2 N–H and O–H groups in total. The predicted molar refractivity (Wildman–Crippen MR) is 66.9 cm³/mol. The van der Waals surface area contributed by atoms with E-state index in [2.05, 4.69) is 25.0 Å². The molecule has 2 aromatic rings. The number of nitrogens with two attached hydrogens (primary N) is 1. The maximum atomic E-state index is 5.85. The molecule has 0 saturated heterocycles. The van der Waals surface area contributed by atoms with Crippen LogP contribution < -0.4 is 5.73 Å². The highest BCUT2D eigenvalue weighted by atomic mass is 15.3. The monoisotopic (exact) mass is 215 g/mol. The minimum atomic E-state index is 0.778. The van der Waals surface area contributed by atoms with Crippen LogP contribution in [0.5, 0.6) is 0 Å². The Balaban J connectivity index is 2.62. The summed E-state index contributed by atoms with van der Waals surface area (Å²) in [7, 11) is 0. The van der Waals surface area contributed by atoms with Gasteiger partial charge in [-0.2, -0.15) is 5.10 Å². The third-order valence-electron chi connectivity index (χ3n) is 2.98. The lowest BCUT2D eigenvalue weighted by atomic mass is 10.2. The first-order valence-corrected chi connectivity index (χ1v) is 5.39. The van der Waals surface area contributed by atoms with Crippen LogP contribution in [0.25, 0.3) is 5.69 Å². The smallest absolute Gasteiger partial charge is 0.0672 e. The van der Waals surface area contributed by atoms with E-state index in [0.717, 1.165) is 22.6 Å². The molecular formula is C13H17N3. The Kier molecular flexibility index (Phi) is 2.46. The lowest BCUT2D eigenvalue weighted by molar-refractivity contribution is 0.832. The summed E-state index contributed by atoms with van der Waals surface area (Å²) in [5, 5.41) is 4.52. The number of nitrogen functional groups attached to an aromatic ring is 1. The highest BCUT2D eigenvalue weighted by Crippen LogP contribution is 2.19. The highest BCUT2D eigenvalue weighted by molar-refractivity contribution is 5.51. The standard InChI is InChI=1S/C13H17N3/c1-8-5-12(14)7-13(6-8)16-11(4)9(2)10(3)15-16/h5-7H,14H2,1-4H3. The summed E-state index contributed by atoms with van der Waals surface area (Å²) in [6.45, 7) is 8.23. The van der Waals surface area contributed by atoms with E-state index in [0.29, 0.717) is 0 Å². The van der Waals surface area contributed by atoms with E-state index >= 15 is 0 Å². The summed E-state index contributed by atoms with van der Waals surface area (Å²) >= 11 is 0. The molecule has 0 aliphatic heterocycles. The third kappa shape index (κ3) is 1.69. The average Bonchev–Trinajstić information content (AvgIpc) is 2.44. The molecule has 84 valence electrons. The first kappa shape index (κ1) is 10.7. The van der Waals surface area contributed by atoms with E-state index < -0.39 is 0 Å². The molecule has 1 heterocycles. The lowest BCUT2D eigenvalue weighted by Gasteiger charge is -2.07. The van der Waals surface area contributed by atoms with Crippen molar-refractivity contribution in [3.05, 3.63) is 40.7 Å². The molecule has 0 radical (unpaired) electrons. The second-order valence-electron chi connectivity index (χ2n) is 4.31. The average molecular weight is 215 g/mol. The van der Waals surface area contributed by atoms with Crippen molar-refractivity contribution in [3.8, 4) is 5.69 Å². The Hall–Kier alpha value is -1.77. The third-order valence-corrected chi connectivity index (χ3v) is 2.98. The van der Waals surface area contributed by atoms with E-state index in [1.54, 1.807) is 0 Å². The Bertz CT molecular complexity index is 518. The van der Waals surface area contributed by atoms with E-state index in [1.807, 2.05) is 30.7 Å². The van der Waals surface area contributed by atoms with Crippen LogP contribution in [0.15, 0.2) is 18.2 Å². The van der Waals surface area contributed by atoms with Crippen molar-refractivity contribution in [1.82, 2.24) is 9.78 Å². The molecule has 1 aromatic carbocycles. The van der Waals surface area contributed by atoms with Gasteiger partial charge in [-0.1, -0.05) is 0 Å². The van der Waals surface area contributed by atoms with Crippen molar-refractivity contribution in [2.75, 3.05) is 5.73 Å². The van der Waals surface area contributed by atoms with E-state index in [-0.39, 0.29) is 0 Å². The number of aryl methyl sites for hydroxylation is 2. The van der Waals surface area contributed by atoms with Gasteiger partial charge in [0, 0.05) is 11.4 Å². The first-order chi connectivity index (χ1) is 7.49. The van der Waals surface area contributed by atoms with Crippen LogP contribution in [0.4, 0.5) is 5.69 Å². The van der Waals surface area contributed by atoms with E-state index in [9.17, 15) is 0 Å². The van der Waals surface area contributed by atoms with Gasteiger partial charge in [0.15, 0.2) is 0 Å². The Labute approximate surface area is 95.9 Å². The second-order valence-corrected chi connectivity index (χ2v) is 4.31. The molecule has 0 fully saturated rings. The van der Waals surface area contributed by atoms with Gasteiger partial charge in [-0.25, -0.2) is 4.68 Å². The maximum absolute atomic E-state index is 5.85. The van der Waals surface area contributed by atoms with Crippen LogP contribution in [0.2, 0.25) is 0 Å². The molecule has 0 bridgehead atoms. The van der Waals surface area contributed by atoms with Gasteiger partial charge in [0.05, 0.1) is 11.4 Å². The number of hydrogen-bond acceptors (Lipinski definition) is 2. The second kappa shape index (κ2) is 3.67. The van der Waals surface area contributed by atoms with Crippen molar-refractivity contribution in [1.29, 1.82) is 0 Å². The predicted octanol–water partition coefficient (Wildman–Crippen LogP) is 2.69. The van der Waals surface area contributed by atoms with Gasteiger partial charge in [0.25, 0.3) is 0 Å². The normalized spacial score (nSPS) is 10.8. The Morgan fingerprint density at radius 3 is 2.25 bits per heavy atom. The lowest BCUT2D eigenvalue weighted by Crippen LogP contribution is -2.01. The van der Waals surface area contributed by atoms with Gasteiger partial charge in [-0.3, -0.25) is 0 Å². The summed E-state index contributed by atoms with van der Waals surface area (Å²) in [5.74, 6) is 0. The van der Waals surface area contributed by atoms with E-state index in [1.165, 1.54) is 11.3 Å². The molecular weight excluding hydrogens is 198 g/mol. The van der Waals surface area contributed by atoms with Crippen molar-refractivity contribution in [2.45, 2.75) is 27.7 Å². The number of aromatic nitrogens is 2. The molecule has 0 spiro atoms. The minimum Gasteiger partial charge on any atom is -0.399 e. The van der Waals surface area contributed by atoms with Crippen molar-refractivity contribution < 1.29 is 0 Å². The number of nitrogens with zero attached hydrogens (tertiary/aromatic N) is 2. The Morgan fingerprint density at radius 2 is 1.75 bits per heavy atom. The maximum Gasteiger partial charge on any atom is 0.0672 e. The largest absolute Gasteiger partial charge is 0.399 e. The van der Waals surface area contributed by atoms with Gasteiger partial charge in [0.2, 0.25) is 0 Å². The van der Waals surface area contributed by atoms with Crippen LogP contribution in [0, 0.1) is 27.7 Å². The SMILES string of the molecule is Cc1cc(N)cc(-n2nc(C)c(C)c2C)c1. The quantitative estimate of drug-likeness (QED) is 0.743. The molecule has 0 saturated carbocycles. The molecule has 16 heavy (non-hydrogen) atoms. The number of rotatable bonds is 1. The molecule has 0 aliphatic rings. The van der Waals surface area contributed by atoms with Gasteiger partial charge in [0.1, 0.15) is 0 Å². The molecule has 0 amide bonds. The fraction of sp³-hybridized carbons (Fsp3) is 0.308. The molecule has 3 nitrogen and oxygen atoms in total. The molecule has 2 rings (SSSR count). The summed E-state index contributed by atoms with van der Waals surface area (Å²) < 4.78 is 1.95. The van der Waals surface area contributed by atoms with Gasteiger partial charge >= 0.3 is 0 Å². The summed E-state index contributed by atoms with van der Waals surface area (Å²) in [5.41, 5.74) is 12.3. The van der Waals surface area contributed by atoms with Crippen LogP contribution in [-0.2, 0) is 0 Å². The fourth-order valence-corrected chi connectivity index (χ4v) is 1.89. The number of hydrogen-bond donors (Lipinski definition) is 1. The molecule has 0 unspecified atom stereocenters. The summed E-state index contributed by atoms with van der Waals surface area (Å²) in [6.07, 6.45) is 0. The fourth-order valence-electron chi connectivity index (χ4n) is 1.89. The van der Waals surface area contributed by atoms with Gasteiger partial charge in [-0.05, 0) is 57.0 Å².